The van der Waals surface area contributed by atoms with Crippen molar-refractivity contribution in [3.8, 4) is 11.1 Å². The van der Waals surface area contributed by atoms with Crippen LogP contribution >= 0.6 is 0 Å². The Kier molecular flexibility index (Phi) is 6.50. The summed E-state index contributed by atoms with van der Waals surface area (Å²) < 4.78 is 0. The number of allylic oxidation sites excluding steroid dienone is 2. The van der Waals surface area contributed by atoms with Gasteiger partial charge in [0.15, 0.2) is 0 Å². The largest absolute Gasteiger partial charge is 0.374 e. The van der Waals surface area contributed by atoms with Gasteiger partial charge in [0.1, 0.15) is 0 Å². The minimum Gasteiger partial charge on any atom is -0.374 e. The second kappa shape index (κ2) is 11.2. The van der Waals surface area contributed by atoms with Crippen molar-refractivity contribution in [1.82, 2.24) is 5.32 Å². The SMILES string of the molecule is C1=C(c2ccccc2)C=C(c2ccccc2)NC1c1c2c(cc3ccccc13)C(c1ccccc1)(c1ccccc1)c1ccccc1-2. The van der Waals surface area contributed by atoms with Gasteiger partial charge in [-0.2, -0.15) is 0 Å². The summed E-state index contributed by atoms with van der Waals surface area (Å²) in [6.07, 6.45) is 4.73. The zero-order valence-corrected chi connectivity index (χ0v) is 26.0. The van der Waals surface area contributed by atoms with Gasteiger partial charge in [-0.3, -0.25) is 0 Å². The van der Waals surface area contributed by atoms with Gasteiger partial charge in [-0.15, -0.1) is 0 Å². The molecule has 0 bridgehead atoms. The maximum Gasteiger partial charge on any atom is 0.0719 e. The van der Waals surface area contributed by atoms with Crippen molar-refractivity contribution in [2.75, 3.05) is 0 Å². The molecule has 0 amide bonds. The van der Waals surface area contributed by atoms with Gasteiger partial charge in [0.05, 0.1) is 11.5 Å². The van der Waals surface area contributed by atoms with E-state index in [9.17, 15) is 0 Å². The molecule has 222 valence electrons. The Morgan fingerprint density at radius 2 is 1.04 bits per heavy atom. The lowest BCUT2D eigenvalue weighted by Gasteiger charge is -2.34. The summed E-state index contributed by atoms with van der Waals surface area (Å²) in [4.78, 5) is 0. The maximum atomic E-state index is 4.03. The second-order valence-corrected chi connectivity index (χ2v) is 12.5. The predicted octanol–water partition coefficient (Wildman–Crippen LogP) is 11.0. The van der Waals surface area contributed by atoms with E-state index in [1.807, 2.05) is 0 Å². The predicted molar refractivity (Wildman–Crippen MR) is 196 cm³/mol. The van der Waals surface area contributed by atoms with Gasteiger partial charge < -0.3 is 5.32 Å². The summed E-state index contributed by atoms with van der Waals surface area (Å²) in [6.45, 7) is 0. The number of rotatable bonds is 5. The number of hydrogen-bond acceptors (Lipinski definition) is 1. The second-order valence-electron chi connectivity index (χ2n) is 12.5. The monoisotopic (exact) mass is 599 g/mol. The molecule has 1 heterocycles. The zero-order chi connectivity index (χ0) is 31.2. The van der Waals surface area contributed by atoms with E-state index in [0.29, 0.717) is 0 Å². The van der Waals surface area contributed by atoms with E-state index < -0.39 is 5.41 Å². The van der Waals surface area contributed by atoms with Gasteiger partial charge in [0.2, 0.25) is 0 Å². The Morgan fingerprint density at radius 3 is 1.72 bits per heavy atom. The first-order valence-electron chi connectivity index (χ1n) is 16.4. The van der Waals surface area contributed by atoms with Gasteiger partial charge in [-0.25, -0.2) is 0 Å². The molecular weight excluding hydrogens is 567 g/mol. The molecule has 1 nitrogen and oxygen atoms in total. The molecule has 2 aliphatic rings. The van der Waals surface area contributed by atoms with Crippen LogP contribution in [-0.2, 0) is 5.41 Å². The Balaban J connectivity index is 1.39. The molecule has 9 rings (SSSR count). The maximum absolute atomic E-state index is 4.03. The first kappa shape index (κ1) is 27.4. The van der Waals surface area contributed by atoms with Crippen LogP contribution in [0.4, 0.5) is 0 Å². The molecule has 1 N–H and O–H groups in total. The average molecular weight is 600 g/mol. The Labute approximate surface area is 276 Å². The normalized spacial score (nSPS) is 16.0. The van der Waals surface area contributed by atoms with Crippen molar-refractivity contribution < 1.29 is 0 Å². The number of fused-ring (bicyclic) bond motifs is 4. The fourth-order valence-electron chi connectivity index (χ4n) is 8.01. The highest BCUT2D eigenvalue weighted by Crippen LogP contribution is 2.59. The smallest absolute Gasteiger partial charge is 0.0719 e. The van der Waals surface area contributed by atoms with Gasteiger partial charge in [0.25, 0.3) is 0 Å². The van der Waals surface area contributed by atoms with E-state index in [1.165, 1.54) is 66.4 Å². The highest BCUT2D eigenvalue weighted by atomic mass is 14.9. The third kappa shape index (κ3) is 4.31. The molecule has 0 spiro atoms. The van der Waals surface area contributed by atoms with Gasteiger partial charge in [0, 0.05) is 5.70 Å². The molecule has 47 heavy (non-hydrogen) atoms. The van der Waals surface area contributed by atoms with Crippen LogP contribution in [0.15, 0.2) is 188 Å². The van der Waals surface area contributed by atoms with E-state index >= 15 is 0 Å². The Bertz CT molecular complexity index is 2260. The Hall–Kier alpha value is -5.92. The van der Waals surface area contributed by atoms with Crippen molar-refractivity contribution in [2.24, 2.45) is 0 Å². The quantitative estimate of drug-likeness (QED) is 0.208. The van der Waals surface area contributed by atoms with Crippen molar-refractivity contribution in [1.29, 1.82) is 0 Å². The van der Waals surface area contributed by atoms with E-state index in [-0.39, 0.29) is 6.04 Å². The molecule has 1 heteroatoms. The molecule has 1 unspecified atom stereocenters. The van der Waals surface area contributed by atoms with Crippen LogP contribution in [0.25, 0.3) is 33.2 Å². The number of nitrogens with one attached hydrogen (secondary N) is 1. The van der Waals surface area contributed by atoms with Crippen molar-refractivity contribution >= 4 is 22.0 Å². The molecule has 7 aromatic rings. The van der Waals surface area contributed by atoms with E-state index in [2.05, 4.69) is 193 Å². The summed E-state index contributed by atoms with van der Waals surface area (Å²) in [5.41, 5.74) is 13.4. The summed E-state index contributed by atoms with van der Waals surface area (Å²) in [5.74, 6) is 0. The highest BCUT2D eigenvalue weighted by Gasteiger charge is 2.47. The Morgan fingerprint density at radius 1 is 0.489 bits per heavy atom. The van der Waals surface area contributed by atoms with Crippen LogP contribution < -0.4 is 5.32 Å². The first-order valence-corrected chi connectivity index (χ1v) is 16.4. The number of dihydropyridines is 1. The molecule has 1 aliphatic heterocycles. The molecule has 0 aromatic heterocycles. The molecule has 0 saturated heterocycles. The zero-order valence-electron chi connectivity index (χ0n) is 26.0. The lowest BCUT2D eigenvalue weighted by atomic mass is 9.67. The van der Waals surface area contributed by atoms with Crippen molar-refractivity contribution in [3.05, 3.63) is 227 Å². The van der Waals surface area contributed by atoms with Crippen LogP contribution in [0.2, 0.25) is 0 Å². The van der Waals surface area contributed by atoms with Gasteiger partial charge in [-0.1, -0.05) is 170 Å². The minimum atomic E-state index is -0.466. The van der Waals surface area contributed by atoms with E-state index in [4.69, 9.17) is 0 Å². The lowest BCUT2D eigenvalue weighted by molar-refractivity contribution is 0.757. The van der Waals surface area contributed by atoms with Gasteiger partial charge >= 0.3 is 0 Å². The topological polar surface area (TPSA) is 12.0 Å². The lowest BCUT2D eigenvalue weighted by Crippen LogP contribution is -2.29. The molecular formula is C46H33N. The summed E-state index contributed by atoms with van der Waals surface area (Å²) >= 11 is 0. The summed E-state index contributed by atoms with van der Waals surface area (Å²) in [5, 5.41) is 6.55. The fraction of sp³-hybridized carbons (Fsp3) is 0.0435. The molecule has 1 atom stereocenters. The third-order valence-electron chi connectivity index (χ3n) is 9.97. The summed E-state index contributed by atoms with van der Waals surface area (Å²) in [7, 11) is 0. The van der Waals surface area contributed by atoms with Crippen LogP contribution in [0, 0.1) is 0 Å². The van der Waals surface area contributed by atoms with Crippen LogP contribution in [0.5, 0.6) is 0 Å². The highest BCUT2D eigenvalue weighted by molar-refractivity contribution is 6.01. The number of benzene rings is 7. The summed E-state index contributed by atoms with van der Waals surface area (Å²) in [6, 6.07) is 64.0. The van der Waals surface area contributed by atoms with Crippen LogP contribution in [0.3, 0.4) is 0 Å². The van der Waals surface area contributed by atoms with Crippen LogP contribution in [-0.4, -0.2) is 0 Å². The molecule has 0 radical (unpaired) electrons. The fourth-order valence-corrected chi connectivity index (χ4v) is 8.01. The van der Waals surface area contributed by atoms with Crippen molar-refractivity contribution in [2.45, 2.75) is 11.5 Å². The number of hydrogen-bond donors (Lipinski definition) is 1. The van der Waals surface area contributed by atoms with Crippen molar-refractivity contribution in [3.63, 3.8) is 0 Å². The van der Waals surface area contributed by atoms with Gasteiger partial charge in [-0.05, 0) is 84.6 Å². The van der Waals surface area contributed by atoms with Crippen LogP contribution in [0.1, 0.15) is 45.0 Å². The average Bonchev–Trinajstić information content (AvgIpc) is 3.45. The minimum absolute atomic E-state index is 0.0688. The molecule has 0 fully saturated rings. The molecule has 0 saturated carbocycles. The van der Waals surface area contributed by atoms with E-state index in [0.717, 1.165) is 5.70 Å². The molecule has 7 aromatic carbocycles. The first-order chi connectivity index (χ1) is 23.3. The third-order valence-corrected chi connectivity index (χ3v) is 9.97. The standard InChI is InChI=1S/C46H33N/c1-5-17-32(18-6-1)35-30-42(33-19-7-2-8-20-33)47-43(31-35)45-38-26-14-13-21-34(38)29-41-44(45)39-27-15-16-28-40(39)46(41,36-22-9-3-10-23-36)37-24-11-4-12-25-37/h1-31,43,47H. The molecule has 1 aliphatic carbocycles. The van der Waals surface area contributed by atoms with E-state index in [1.54, 1.807) is 0 Å².